The summed E-state index contributed by atoms with van der Waals surface area (Å²) in [5, 5.41) is 4.12. The van der Waals surface area contributed by atoms with E-state index in [4.69, 9.17) is 15.0 Å². The van der Waals surface area contributed by atoms with E-state index in [9.17, 15) is 9.59 Å². The average molecular weight is 450 g/mol. The van der Waals surface area contributed by atoms with Crippen molar-refractivity contribution in [2.75, 3.05) is 32.8 Å². The Kier molecular flexibility index (Phi) is 6.69. The first-order chi connectivity index (χ1) is 15.9. The summed E-state index contributed by atoms with van der Waals surface area (Å²) >= 11 is 0. The third-order valence-corrected chi connectivity index (χ3v) is 5.82. The van der Waals surface area contributed by atoms with Crippen LogP contribution >= 0.6 is 0 Å². The van der Waals surface area contributed by atoms with Crippen LogP contribution in [0.5, 0.6) is 5.75 Å². The van der Waals surface area contributed by atoms with E-state index in [1.54, 1.807) is 29.2 Å². The zero-order chi connectivity index (χ0) is 23.4. The van der Waals surface area contributed by atoms with Gasteiger partial charge in [0.15, 0.2) is 6.61 Å². The van der Waals surface area contributed by atoms with Gasteiger partial charge >= 0.3 is 0 Å². The fourth-order valence-electron chi connectivity index (χ4n) is 3.69. The molecule has 1 aliphatic rings. The molecule has 1 unspecified atom stereocenters. The fourth-order valence-corrected chi connectivity index (χ4v) is 3.69. The monoisotopic (exact) mass is 449 g/mol. The number of primary amides is 1. The number of carbonyl (C=O) groups excluding carboxylic acids is 2. The topological polar surface area (TPSA) is 115 Å². The van der Waals surface area contributed by atoms with Crippen LogP contribution < -0.4 is 10.5 Å². The van der Waals surface area contributed by atoms with Crippen LogP contribution in [0.1, 0.15) is 34.8 Å². The number of benzene rings is 2. The van der Waals surface area contributed by atoms with Crippen LogP contribution in [0.15, 0.2) is 53.1 Å². The second kappa shape index (κ2) is 9.83. The minimum atomic E-state index is -0.503. The molecule has 1 saturated heterocycles. The smallest absolute Gasteiger partial charge is 0.260 e. The first-order valence-corrected chi connectivity index (χ1v) is 10.9. The number of amides is 2. The van der Waals surface area contributed by atoms with Crippen LogP contribution in [-0.4, -0.2) is 64.5 Å². The molecular formula is C24H27N5O4. The number of hydrogen-bond donors (Lipinski definition) is 1. The highest BCUT2D eigenvalue weighted by Gasteiger charge is 2.28. The lowest BCUT2D eigenvalue weighted by atomic mass is 10.1. The van der Waals surface area contributed by atoms with E-state index in [1.807, 2.05) is 38.1 Å². The Balaban J connectivity index is 1.27. The van der Waals surface area contributed by atoms with Crippen molar-refractivity contribution < 1.29 is 18.8 Å². The number of ether oxygens (including phenoxy) is 1. The summed E-state index contributed by atoms with van der Waals surface area (Å²) in [5.74, 6) is 1.07. The van der Waals surface area contributed by atoms with Crippen molar-refractivity contribution in [3.05, 3.63) is 65.5 Å². The van der Waals surface area contributed by atoms with Gasteiger partial charge in [0.25, 0.3) is 5.91 Å². The van der Waals surface area contributed by atoms with Gasteiger partial charge in [-0.25, -0.2) is 0 Å². The third-order valence-electron chi connectivity index (χ3n) is 5.82. The van der Waals surface area contributed by atoms with Crippen molar-refractivity contribution in [3.63, 3.8) is 0 Å². The largest absolute Gasteiger partial charge is 0.484 e. The number of aromatic nitrogens is 2. The molecule has 0 aliphatic carbocycles. The normalized spacial score (nSPS) is 15.3. The Morgan fingerprint density at radius 1 is 1.06 bits per heavy atom. The van der Waals surface area contributed by atoms with Crippen LogP contribution in [-0.2, 0) is 4.79 Å². The summed E-state index contributed by atoms with van der Waals surface area (Å²) in [6.07, 6.45) is 0. The van der Waals surface area contributed by atoms with Crippen LogP contribution in [0, 0.1) is 6.92 Å². The van der Waals surface area contributed by atoms with Crippen LogP contribution in [0.2, 0.25) is 0 Å². The molecule has 1 aliphatic heterocycles. The molecule has 9 nitrogen and oxygen atoms in total. The van der Waals surface area contributed by atoms with Crippen LogP contribution in [0.4, 0.5) is 0 Å². The van der Waals surface area contributed by atoms with Gasteiger partial charge < -0.3 is 19.9 Å². The van der Waals surface area contributed by atoms with Crippen molar-refractivity contribution >= 4 is 11.8 Å². The number of nitrogens with zero attached hydrogens (tertiary/aromatic N) is 4. The Labute approximate surface area is 192 Å². The molecule has 172 valence electrons. The summed E-state index contributed by atoms with van der Waals surface area (Å²) in [4.78, 5) is 32.3. The first kappa shape index (κ1) is 22.5. The van der Waals surface area contributed by atoms with E-state index in [0.717, 1.165) is 5.56 Å². The highest BCUT2D eigenvalue weighted by atomic mass is 16.5. The second-order valence-corrected chi connectivity index (χ2v) is 8.09. The highest BCUT2D eigenvalue weighted by molar-refractivity contribution is 5.92. The Morgan fingerprint density at radius 3 is 2.36 bits per heavy atom. The number of carbonyl (C=O) groups is 2. The lowest BCUT2D eigenvalue weighted by molar-refractivity contribution is -0.135. The Bertz CT molecular complexity index is 1100. The SMILES string of the molecule is Cc1ccc(-c2noc(C(C)N3CCN(C(=O)COc4ccc(C(N)=O)cc4)CC3)n2)cc1. The van der Waals surface area contributed by atoms with Gasteiger partial charge in [0.05, 0.1) is 6.04 Å². The first-order valence-electron chi connectivity index (χ1n) is 10.9. The highest BCUT2D eigenvalue weighted by Crippen LogP contribution is 2.24. The lowest BCUT2D eigenvalue weighted by Crippen LogP contribution is -2.50. The van der Waals surface area contributed by atoms with Gasteiger partial charge in [-0.1, -0.05) is 35.0 Å². The molecule has 2 N–H and O–H groups in total. The Morgan fingerprint density at radius 2 is 1.73 bits per heavy atom. The van der Waals surface area contributed by atoms with Gasteiger partial charge in [-0.2, -0.15) is 4.98 Å². The molecule has 0 bridgehead atoms. The van der Waals surface area contributed by atoms with Gasteiger partial charge in [0, 0.05) is 37.3 Å². The zero-order valence-electron chi connectivity index (χ0n) is 18.7. The molecule has 4 rings (SSSR count). The van der Waals surface area contributed by atoms with Crippen molar-refractivity contribution in [1.29, 1.82) is 0 Å². The van der Waals surface area contributed by atoms with E-state index >= 15 is 0 Å². The molecule has 2 aromatic carbocycles. The number of piperazine rings is 1. The van der Waals surface area contributed by atoms with E-state index in [-0.39, 0.29) is 18.6 Å². The molecule has 0 radical (unpaired) electrons. The molecule has 1 fully saturated rings. The lowest BCUT2D eigenvalue weighted by Gasteiger charge is -2.36. The molecular weight excluding hydrogens is 422 g/mol. The summed E-state index contributed by atoms with van der Waals surface area (Å²) < 4.78 is 11.1. The van der Waals surface area contributed by atoms with Gasteiger partial charge in [0.2, 0.25) is 17.6 Å². The van der Waals surface area contributed by atoms with E-state index in [1.165, 1.54) is 5.56 Å². The predicted molar refractivity (Wildman–Crippen MR) is 121 cm³/mol. The van der Waals surface area contributed by atoms with Crippen LogP contribution in [0.25, 0.3) is 11.4 Å². The minimum Gasteiger partial charge on any atom is -0.484 e. The predicted octanol–water partition coefficient (Wildman–Crippen LogP) is 2.43. The zero-order valence-corrected chi connectivity index (χ0v) is 18.7. The molecule has 1 aromatic heterocycles. The molecule has 2 heterocycles. The summed E-state index contributed by atoms with van der Waals surface area (Å²) in [6.45, 7) is 6.58. The molecule has 2 amide bonds. The van der Waals surface area contributed by atoms with Crippen molar-refractivity contribution in [1.82, 2.24) is 19.9 Å². The van der Waals surface area contributed by atoms with Crippen LogP contribution in [0.3, 0.4) is 0 Å². The third kappa shape index (κ3) is 5.38. The summed E-state index contributed by atoms with van der Waals surface area (Å²) in [7, 11) is 0. The summed E-state index contributed by atoms with van der Waals surface area (Å²) in [5.41, 5.74) is 7.72. The number of aryl methyl sites for hydroxylation is 1. The van der Waals surface area contributed by atoms with Gasteiger partial charge in [-0.3, -0.25) is 14.5 Å². The van der Waals surface area contributed by atoms with Gasteiger partial charge in [-0.15, -0.1) is 0 Å². The number of hydrogen-bond acceptors (Lipinski definition) is 7. The number of rotatable bonds is 7. The maximum Gasteiger partial charge on any atom is 0.260 e. The van der Waals surface area contributed by atoms with E-state index in [0.29, 0.717) is 49.2 Å². The molecule has 9 heteroatoms. The number of nitrogens with two attached hydrogens (primary N) is 1. The van der Waals surface area contributed by atoms with Crippen molar-refractivity contribution in [2.45, 2.75) is 19.9 Å². The molecule has 0 spiro atoms. The standard InChI is InChI=1S/C24H27N5O4/c1-16-3-5-19(6-4-16)23-26-24(33-27-23)17(2)28-11-13-29(14-12-28)21(30)15-32-20-9-7-18(8-10-20)22(25)31/h3-10,17H,11-15H2,1-2H3,(H2,25,31). The summed E-state index contributed by atoms with van der Waals surface area (Å²) in [6, 6.07) is 14.4. The quantitative estimate of drug-likeness (QED) is 0.589. The molecule has 33 heavy (non-hydrogen) atoms. The second-order valence-electron chi connectivity index (χ2n) is 8.09. The maximum atomic E-state index is 12.5. The maximum absolute atomic E-state index is 12.5. The Hall–Kier alpha value is -3.72. The average Bonchev–Trinajstić information content (AvgIpc) is 3.33. The molecule has 3 aromatic rings. The van der Waals surface area contributed by atoms with Crippen molar-refractivity contribution in [3.8, 4) is 17.1 Å². The van der Waals surface area contributed by atoms with E-state index in [2.05, 4.69) is 15.0 Å². The molecule has 1 atom stereocenters. The molecule has 0 saturated carbocycles. The van der Waals surface area contributed by atoms with E-state index < -0.39 is 5.91 Å². The van der Waals surface area contributed by atoms with Gasteiger partial charge in [-0.05, 0) is 38.1 Å². The fraction of sp³-hybridized carbons (Fsp3) is 0.333. The minimum absolute atomic E-state index is 0.0472. The van der Waals surface area contributed by atoms with Crippen molar-refractivity contribution in [2.24, 2.45) is 5.73 Å². The van der Waals surface area contributed by atoms with Gasteiger partial charge in [0.1, 0.15) is 5.75 Å².